The summed E-state index contributed by atoms with van der Waals surface area (Å²) < 4.78 is 16.4. The van der Waals surface area contributed by atoms with Crippen LogP contribution in [-0.2, 0) is 28.6 Å². The number of hydrogen-bond donors (Lipinski definition) is 0. The van der Waals surface area contributed by atoms with Gasteiger partial charge in [0, 0.05) is 12.8 Å². The summed E-state index contributed by atoms with van der Waals surface area (Å²) in [6.45, 7) is 8.09. The van der Waals surface area contributed by atoms with Crippen LogP contribution in [0.3, 0.4) is 0 Å². The average Bonchev–Trinajstić information content (AvgIpc) is 3.06. The van der Waals surface area contributed by atoms with Crippen molar-refractivity contribution in [2.24, 2.45) is 5.92 Å². The first-order valence-corrected chi connectivity index (χ1v) is 20.0. The van der Waals surface area contributed by atoms with Gasteiger partial charge in [-0.25, -0.2) is 0 Å². The SMILES string of the molecule is CCCCCCCCCCCCCCCC(=O)OCC(COC(=O)CCCCCCCCCCCCCCC)OC(=O)C(C)CC. The Labute approximate surface area is 285 Å². The average molecular weight is 653 g/mol. The number of carbonyl (C=O) groups excluding carboxylic acids is 3. The first-order chi connectivity index (χ1) is 22.4. The third kappa shape index (κ3) is 31.0. The van der Waals surface area contributed by atoms with Gasteiger partial charge in [-0.05, 0) is 19.3 Å². The highest BCUT2D eigenvalue weighted by Crippen LogP contribution is 2.15. The maximum Gasteiger partial charge on any atom is 0.309 e. The molecular weight excluding hydrogens is 576 g/mol. The van der Waals surface area contributed by atoms with Crippen molar-refractivity contribution >= 4 is 17.9 Å². The molecule has 6 heteroatoms. The molecule has 0 rings (SSSR count). The number of unbranched alkanes of at least 4 members (excludes halogenated alkanes) is 24. The number of carbonyl (C=O) groups is 3. The fourth-order valence-electron chi connectivity index (χ4n) is 5.65. The summed E-state index contributed by atoms with van der Waals surface area (Å²) in [5, 5.41) is 0. The number of hydrogen-bond acceptors (Lipinski definition) is 6. The third-order valence-electron chi connectivity index (χ3n) is 9.13. The van der Waals surface area contributed by atoms with E-state index in [1.807, 2.05) is 6.92 Å². The lowest BCUT2D eigenvalue weighted by Crippen LogP contribution is -2.32. The van der Waals surface area contributed by atoms with E-state index in [1.165, 1.54) is 128 Å². The second kappa shape index (κ2) is 34.7. The van der Waals surface area contributed by atoms with Gasteiger partial charge >= 0.3 is 17.9 Å². The van der Waals surface area contributed by atoms with E-state index in [2.05, 4.69) is 13.8 Å². The van der Waals surface area contributed by atoms with E-state index in [4.69, 9.17) is 14.2 Å². The minimum absolute atomic E-state index is 0.0779. The van der Waals surface area contributed by atoms with Gasteiger partial charge in [0.25, 0.3) is 0 Å². The normalized spacial score (nSPS) is 11.9. The molecule has 6 nitrogen and oxygen atoms in total. The van der Waals surface area contributed by atoms with Crippen LogP contribution in [0.15, 0.2) is 0 Å². The van der Waals surface area contributed by atoms with Gasteiger partial charge < -0.3 is 14.2 Å². The van der Waals surface area contributed by atoms with Crippen LogP contribution in [0.25, 0.3) is 0 Å². The fourth-order valence-corrected chi connectivity index (χ4v) is 5.65. The zero-order valence-electron chi connectivity index (χ0n) is 31.0. The summed E-state index contributed by atoms with van der Waals surface area (Å²) in [6, 6.07) is 0. The summed E-state index contributed by atoms with van der Waals surface area (Å²) in [6.07, 6.45) is 33.3. The number of esters is 3. The summed E-state index contributed by atoms with van der Waals surface area (Å²) in [5.74, 6) is -1.19. The van der Waals surface area contributed by atoms with E-state index < -0.39 is 6.10 Å². The molecule has 0 aliphatic rings. The molecule has 0 aromatic heterocycles. The van der Waals surface area contributed by atoms with E-state index in [9.17, 15) is 14.4 Å². The maximum absolute atomic E-state index is 12.4. The highest BCUT2D eigenvalue weighted by molar-refractivity contribution is 5.72. The van der Waals surface area contributed by atoms with Crippen LogP contribution >= 0.6 is 0 Å². The Morgan fingerprint density at radius 2 is 0.717 bits per heavy atom. The molecule has 0 heterocycles. The Bertz CT molecular complexity index is 647. The van der Waals surface area contributed by atoms with Gasteiger partial charge in [0.05, 0.1) is 5.92 Å². The van der Waals surface area contributed by atoms with Crippen LogP contribution < -0.4 is 0 Å². The predicted molar refractivity (Wildman–Crippen MR) is 192 cm³/mol. The molecular formula is C40H76O6. The van der Waals surface area contributed by atoms with Gasteiger partial charge in [0.2, 0.25) is 0 Å². The minimum Gasteiger partial charge on any atom is -0.462 e. The Kier molecular flexibility index (Phi) is 33.5. The second-order valence-electron chi connectivity index (χ2n) is 13.7. The summed E-state index contributed by atoms with van der Waals surface area (Å²) in [4.78, 5) is 37.1. The smallest absolute Gasteiger partial charge is 0.309 e. The van der Waals surface area contributed by atoms with Crippen molar-refractivity contribution in [3.63, 3.8) is 0 Å². The third-order valence-corrected chi connectivity index (χ3v) is 9.13. The van der Waals surface area contributed by atoms with E-state index in [-0.39, 0.29) is 37.0 Å². The molecule has 0 aliphatic heterocycles. The Hall–Kier alpha value is -1.59. The number of ether oxygens (including phenoxy) is 3. The van der Waals surface area contributed by atoms with E-state index in [1.54, 1.807) is 6.92 Å². The minimum atomic E-state index is -0.771. The monoisotopic (exact) mass is 653 g/mol. The van der Waals surface area contributed by atoms with Gasteiger partial charge in [-0.2, -0.15) is 0 Å². The molecule has 0 N–H and O–H groups in total. The first kappa shape index (κ1) is 44.4. The molecule has 0 radical (unpaired) electrons. The van der Waals surface area contributed by atoms with Gasteiger partial charge in [-0.1, -0.05) is 182 Å². The van der Waals surface area contributed by atoms with Crippen molar-refractivity contribution in [1.82, 2.24) is 0 Å². The lowest BCUT2D eigenvalue weighted by molar-refractivity contribution is -0.169. The van der Waals surface area contributed by atoms with Gasteiger partial charge in [0.1, 0.15) is 13.2 Å². The molecule has 1 atom stereocenters. The van der Waals surface area contributed by atoms with Crippen molar-refractivity contribution in [2.45, 2.75) is 220 Å². The molecule has 0 aliphatic carbocycles. The molecule has 0 aromatic carbocycles. The highest BCUT2D eigenvalue weighted by atomic mass is 16.6. The Morgan fingerprint density at radius 3 is 1.00 bits per heavy atom. The van der Waals surface area contributed by atoms with Crippen LogP contribution in [0, 0.1) is 5.92 Å². The molecule has 0 spiro atoms. The van der Waals surface area contributed by atoms with Crippen LogP contribution in [0.2, 0.25) is 0 Å². The van der Waals surface area contributed by atoms with E-state index in [0.29, 0.717) is 19.3 Å². The summed E-state index contributed by atoms with van der Waals surface area (Å²) in [5.41, 5.74) is 0. The van der Waals surface area contributed by atoms with E-state index in [0.717, 1.165) is 38.5 Å². The van der Waals surface area contributed by atoms with Crippen molar-refractivity contribution in [3.05, 3.63) is 0 Å². The molecule has 46 heavy (non-hydrogen) atoms. The Morgan fingerprint density at radius 1 is 0.435 bits per heavy atom. The molecule has 0 bridgehead atoms. The fraction of sp³-hybridized carbons (Fsp3) is 0.925. The maximum atomic E-state index is 12.4. The lowest BCUT2D eigenvalue weighted by Gasteiger charge is -2.20. The molecule has 272 valence electrons. The standard InChI is InChI=1S/C40H76O6/c1-5-8-10-12-14-16-18-20-22-24-26-28-30-32-38(41)44-34-37(46-40(43)36(4)7-3)35-45-39(42)33-31-29-27-25-23-21-19-17-15-13-11-9-6-2/h36-37H,5-35H2,1-4H3. The van der Waals surface area contributed by atoms with Gasteiger partial charge in [-0.3, -0.25) is 14.4 Å². The van der Waals surface area contributed by atoms with Crippen LogP contribution in [0.4, 0.5) is 0 Å². The van der Waals surface area contributed by atoms with Crippen molar-refractivity contribution < 1.29 is 28.6 Å². The predicted octanol–water partition coefficient (Wildman–Crippen LogP) is 12.0. The quantitative estimate of drug-likeness (QED) is 0.0385. The zero-order chi connectivity index (χ0) is 33.9. The van der Waals surface area contributed by atoms with Gasteiger partial charge in [-0.15, -0.1) is 0 Å². The molecule has 1 unspecified atom stereocenters. The van der Waals surface area contributed by atoms with Crippen LogP contribution in [0.5, 0.6) is 0 Å². The molecule has 0 amide bonds. The summed E-state index contributed by atoms with van der Waals surface area (Å²) >= 11 is 0. The topological polar surface area (TPSA) is 78.9 Å². The largest absolute Gasteiger partial charge is 0.462 e. The molecule has 0 saturated heterocycles. The van der Waals surface area contributed by atoms with Crippen LogP contribution in [0.1, 0.15) is 214 Å². The van der Waals surface area contributed by atoms with Crippen molar-refractivity contribution in [2.75, 3.05) is 13.2 Å². The number of rotatable bonds is 35. The Balaban J connectivity index is 4.02. The van der Waals surface area contributed by atoms with Crippen LogP contribution in [-0.4, -0.2) is 37.2 Å². The highest BCUT2D eigenvalue weighted by Gasteiger charge is 2.22. The van der Waals surface area contributed by atoms with Crippen molar-refractivity contribution in [3.8, 4) is 0 Å². The van der Waals surface area contributed by atoms with Gasteiger partial charge in [0.15, 0.2) is 6.10 Å². The van der Waals surface area contributed by atoms with Crippen molar-refractivity contribution in [1.29, 1.82) is 0 Å². The first-order valence-electron chi connectivity index (χ1n) is 20.0. The second-order valence-corrected chi connectivity index (χ2v) is 13.7. The molecule has 0 fully saturated rings. The van der Waals surface area contributed by atoms with E-state index >= 15 is 0 Å². The summed E-state index contributed by atoms with van der Waals surface area (Å²) in [7, 11) is 0. The zero-order valence-corrected chi connectivity index (χ0v) is 31.0. The molecule has 0 saturated carbocycles. The lowest BCUT2D eigenvalue weighted by atomic mass is 10.0. The molecule has 0 aromatic rings.